The summed E-state index contributed by atoms with van der Waals surface area (Å²) in [5.41, 5.74) is 0. The molecule has 0 bridgehead atoms. The number of ketones is 1. The highest BCUT2D eigenvalue weighted by Crippen LogP contribution is 2.30. The van der Waals surface area contributed by atoms with Crippen LogP contribution < -0.4 is 0 Å². The lowest BCUT2D eigenvalue weighted by atomic mass is 10.0. The first kappa shape index (κ1) is 14.0. The van der Waals surface area contributed by atoms with Crippen LogP contribution in [-0.4, -0.2) is 42.0 Å². The van der Waals surface area contributed by atoms with E-state index in [1.165, 1.54) is 19.4 Å². The molecule has 3 atom stereocenters. The highest BCUT2D eigenvalue weighted by atomic mass is 16.5. The van der Waals surface area contributed by atoms with Gasteiger partial charge >= 0.3 is 0 Å². The molecule has 1 saturated heterocycles. The van der Waals surface area contributed by atoms with Crippen molar-refractivity contribution in [2.24, 2.45) is 5.92 Å². The van der Waals surface area contributed by atoms with Crippen molar-refractivity contribution in [2.75, 3.05) is 13.2 Å². The number of hydrogen-bond acceptors (Lipinski definition) is 3. The van der Waals surface area contributed by atoms with Gasteiger partial charge < -0.3 is 4.74 Å². The molecule has 2 fully saturated rings. The van der Waals surface area contributed by atoms with Crippen molar-refractivity contribution >= 4 is 5.78 Å². The van der Waals surface area contributed by atoms with E-state index in [-0.39, 0.29) is 12.0 Å². The van der Waals surface area contributed by atoms with Gasteiger partial charge in [-0.05, 0) is 53.0 Å². The molecule has 2 unspecified atom stereocenters. The van der Waals surface area contributed by atoms with E-state index in [1.54, 1.807) is 6.92 Å². The van der Waals surface area contributed by atoms with Crippen molar-refractivity contribution in [3.05, 3.63) is 0 Å². The summed E-state index contributed by atoms with van der Waals surface area (Å²) in [6, 6.07) is 1.17. The highest BCUT2D eigenvalue weighted by molar-refractivity contribution is 5.79. The normalized spacial score (nSPS) is 33.4. The van der Waals surface area contributed by atoms with Crippen molar-refractivity contribution in [1.82, 2.24) is 4.90 Å². The van der Waals surface area contributed by atoms with Gasteiger partial charge in [0.25, 0.3) is 0 Å². The van der Waals surface area contributed by atoms with Crippen molar-refractivity contribution in [3.63, 3.8) is 0 Å². The zero-order valence-corrected chi connectivity index (χ0v) is 12.0. The number of ether oxygens (including phenoxy) is 1. The van der Waals surface area contributed by atoms with Gasteiger partial charge in [-0.1, -0.05) is 6.42 Å². The van der Waals surface area contributed by atoms with Gasteiger partial charge in [-0.15, -0.1) is 0 Å². The molecule has 0 spiro atoms. The van der Waals surface area contributed by atoms with Crippen LogP contribution in [0.15, 0.2) is 0 Å². The maximum atomic E-state index is 11.5. The second-order valence-corrected chi connectivity index (χ2v) is 6.15. The Morgan fingerprint density at radius 2 is 2.06 bits per heavy atom. The first-order valence-corrected chi connectivity index (χ1v) is 7.47. The van der Waals surface area contributed by atoms with Gasteiger partial charge in [-0.25, -0.2) is 0 Å². The van der Waals surface area contributed by atoms with Crippen molar-refractivity contribution in [2.45, 2.75) is 71.1 Å². The standard InChI is InChI=1S/C15H27NO2/c1-11(2)16-9-5-6-13(16)10-18-15-8-4-7-14(15)12(3)17/h11,13-15H,4-10H2,1-3H3/t13-,14?,15?/m0/s1. The number of hydrogen-bond donors (Lipinski definition) is 0. The minimum Gasteiger partial charge on any atom is -0.376 e. The number of Topliss-reactive ketones (excluding diaryl/α,β-unsaturated/α-hetero) is 1. The molecule has 0 amide bonds. The highest BCUT2D eigenvalue weighted by Gasteiger charge is 2.33. The molecule has 0 aromatic carbocycles. The van der Waals surface area contributed by atoms with Gasteiger partial charge in [-0.3, -0.25) is 9.69 Å². The Morgan fingerprint density at radius 3 is 2.72 bits per heavy atom. The molecule has 3 nitrogen and oxygen atoms in total. The minimum atomic E-state index is 0.166. The average Bonchev–Trinajstić information content (AvgIpc) is 2.94. The topological polar surface area (TPSA) is 29.5 Å². The van der Waals surface area contributed by atoms with Gasteiger partial charge in [-0.2, -0.15) is 0 Å². The van der Waals surface area contributed by atoms with E-state index in [4.69, 9.17) is 4.74 Å². The summed E-state index contributed by atoms with van der Waals surface area (Å²) in [5.74, 6) is 0.476. The third-order valence-corrected chi connectivity index (χ3v) is 4.56. The van der Waals surface area contributed by atoms with E-state index in [2.05, 4.69) is 18.7 Å². The van der Waals surface area contributed by atoms with Gasteiger partial charge in [0.05, 0.1) is 12.7 Å². The fourth-order valence-electron chi connectivity index (χ4n) is 3.54. The number of rotatable bonds is 5. The predicted octanol–water partition coefficient (Wildman–Crippen LogP) is 2.63. The van der Waals surface area contributed by atoms with Crippen LogP contribution >= 0.6 is 0 Å². The lowest BCUT2D eigenvalue weighted by Crippen LogP contribution is -2.39. The Hall–Kier alpha value is -0.410. The zero-order chi connectivity index (χ0) is 13.1. The Balaban J connectivity index is 1.82. The minimum absolute atomic E-state index is 0.166. The molecule has 0 aromatic rings. The molecule has 1 saturated carbocycles. The second kappa shape index (κ2) is 6.16. The lowest BCUT2D eigenvalue weighted by molar-refractivity contribution is -0.125. The average molecular weight is 253 g/mol. The van der Waals surface area contributed by atoms with Crippen LogP contribution in [0.1, 0.15) is 52.9 Å². The van der Waals surface area contributed by atoms with Crippen LogP contribution in [0.25, 0.3) is 0 Å². The van der Waals surface area contributed by atoms with Crippen molar-refractivity contribution < 1.29 is 9.53 Å². The first-order valence-electron chi connectivity index (χ1n) is 7.47. The van der Waals surface area contributed by atoms with Gasteiger partial charge in [0.1, 0.15) is 5.78 Å². The van der Waals surface area contributed by atoms with E-state index in [1.807, 2.05) is 0 Å². The van der Waals surface area contributed by atoms with Crippen LogP contribution in [0, 0.1) is 5.92 Å². The van der Waals surface area contributed by atoms with Crippen LogP contribution in [0.3, 0.4) is 0 Å². The molecule has 0 N–H and O–H groups in total. The van der Waals surface area contributed by atoms with Crippen molar-refractivity contribution in [1.29, 1.82) is 0 Å². The Labute approximate surface area is 111 Å². The quantitative estimate of drug-likeness (QED) is 0.754. The summed E-state index contributed by atoms with van der Waals surface area (Å²) in [6.45, 7) is 8.24. The fourth-order valence-corrected chi connectivity index (χ4v) is 3.54. The molecule has 104 valence electrons. The monoisotopic (exact) mass is 253 g/mol. The summed E-state index contributed by atoms with van der Waals surface area (Å²) in [4.78, 5) is 14.1. The molecule has 18 heavy (non-hydrogen) atoms. The van der Waals surface area contributed by atoms with E-state index in [0.717, 1.165) is 25.9 Å². The smallest absolute Gasteiger partial charge is 0.135 e. The summed E-state index contributed by atoms with van der Waals surface area (Å²) >= 11 is 0. The number of likely N-dealkylation sites (tertiary alicyclic amines) is 1. The Kier molecular flexibility index (Phi) is 4.79. The zero-order valence-electron chi connectivity index (χ0n) is 12.0. The van der Waals surface area contributed by atoms with Crippen LogP contribution in [0.5, 0.6) is 0 Å². The van der Waals surface area contributed by atoms with Crippen LogP contribution in [-0.2, 0) is 9.53 Å². The molecule has 1 aliphatic heterocycles. The summed E-state index contributed by atoms with van der Waals surface area (Å²) in [7, 11) is 0. The largest absolute Gasteiger partial charge is 0.376 e. The van der Waals surface area contributed by atoms with E-state index < -0.39 is 0 Å². The van der Waals surface area contributed by atoms with E-state index in [9.17, 15) is 4.79 Å². The fraction of sp³-hybridized carbons (Fsp3) is 0.933. The summed E-state index contributed by atoms with van der Waals surface area (Å²) in [6.07, 6.45) is 5.96. The van der Waals surface area contributed by atoms with Crippen LogP contribution in [0.4, 0.5) is 0 Å². The maximum absolute atomic E-state index is 11.5. The summed E-state index contributed by atoms with van der Waals surface area (Å²) < 4.78 is 6.08. The van der Waals surface area contributed by atoms with E-state index >= 15 is 0 Å². The van der Waals surface area contributed by atoms with Crippen molar-refractivity contribution in [3.8, 4) is 0 Å². The number of nitrogens with zero attached hydrogens (tertiary/aromatic N) is 1. The van der Waals surface area contributed by atoms with Crippen LogP contribution in [0.2, 0.25) is 0 Å². The first-order chi connectivity index (χ1) is 8.59. The lowest BCUT2D eigenvalue weighted by Gasteiger charge is -2.29. The molecule has 3 heteroatoms. The molecular weight excluding hydrogens is 226 g/mol. The Bertz CT molecular complexity index is 290. The molecule has 2 rings (SSSR count). The second-order valence-electron chi connectivity index (χ2n) is 6.15. The predicted molar refractivity (Wildman–Crippen MR) is 72.6 cm³/mol. The number of carbonyl (C=O) groups is 1. The number of carbonyl (C=O) groups excluding carboxylic acids is 1. The molecule has 0 aromatic heterocycles. The van der Waals surface area contributed by atoms with Gasteiger partial charge in [0, 0.05) is 18.0 Å². The molecule has 1 aliphatic carbocycles. The van der Waals surface area contributed by atoms with Gasteiger partial charge in [0.2, 0.25) is 0 Å². The molecule has 2 aliphatic rings. The summed E-state index contributed by atoms with van der Waals surface area (Å²) in [5, 5.41) is 0. The maximum Gasteiger partial charge on any atom is 0.135 e. The SMILES string of the molecule is CC(=O)C1CCCC1OC[C@@H]1CCCN1C(C)C. The Morgan fingerprint density at radius 1 is 1.28 bits per heavy atom. The van der Waals surface area contributed by atoms with Gasteiger partial charge in [0.15, 0.2) is 0 Å². The third kappa shape index (κ3) is 3.12. The molecular formula is C15H27NO2. The van der Waals surface area contributed by atoms with E-state index in [0.29, 0.717) is 17.9 Å². The third-order valence-electron chi connectivity index (χ3n) is 4.56. The molecule has 1 heterocycles. The molecule has 0 radical (unpaired) electrons.